The largest absolute Gasteiger partial charge is 0.414 e. The maximum Gasteiger partial charge on any atom is 0.330 e. The van der Waals surface area contributed by atoms with Crippen molar-refractivity contribution in [1.29, 1.82) is 0 Å². The molecule has 0 saturated carbocycles. The van der Waals surface area contributed by atoms with Crippen LogP contribution in [0.3, 0.4) is 0 Å². The van der Waals surface area contributed by atoms with Gasteiger partial charge in [-0.3, -0.25) is 28.7 Å². The lowest BCUT2D eigenvalue weighted by molar-refractivity contribution is -0.0530. The van der Waals surface area contributed by atoms with Crippen molar-refractivity contribution in [3.8, 4) is 0 Å². The third-order valence-corrected chi connectivity index (χ3v) is 20.5. The topological polar surface area (TPSA) is 156 Å². The first-order valence-corrected chi connectivity index (χ1v) is 23.9. The molecule has 0 aliphatic carbocycles. The number of thioether (sulfide) groups is 1. The standard InChI is InChI=1S/C33H56N4O9SSi2/c1-20-15-36(30(40)34-28(20)38)26-13-22(24(44-26)17-43-48(9,10)32(3,4)5)42-19-47-18-25-23(46-49(11,12)33(6,7)8)14-27(45-25)37-16-21(2)29(39)35-31(37)41/h15-16,22-27H,13-14,17-19H2,1-12H3,(H,34,38,40)(H,35,39,41)/t22-,23-,24+,25+,26+,27+/m0/s1. The van der Waals surface area contributed by atoms with Gasteiger partial charge >= 0.3 is 11.4 Å². The number of rotatable bonds is 12. The molecule has 2 aliphatic heterocycles. The van der Waals surface area contributed by atoms with Crippen molar-refractivity contribution < 1.29 is 23.1 Å². The molecule has 2 N–H and O–H groups in total. The molecule has 0 aromatic carbocycles. The Morgan fingerprint density at radius 1 is 0.776 bits per heavy atom. The number of H-pyrrole nitrogens is 2. The molecule has 6 atom stereocenters. The van der Waals surface area contributed by atoms with Crippen molar-refractivity contribution in [2.45, 2.75) is 141 Å². The van der Waals surface area contributed by atoms with E-state index in [0.29, 0.717) is 42.3 Å². The smallest absolute Gasteiger partial charge is 0.330 e. The first kappa shape index (κ1) is 39.7. The summed E-state index contributed by atoms with van der Waals surface area (Å²) >= 11 is 1.56. The van der Waals surface area contributed by atoms with Gasteiger partial charge in [-0.15, -0.1) is 11.8 Å². The molecular formula is C33H56N4O9SSi2. The van der Waals surface area contributed by atoms with Crippen molar-refractivity contribution >= 4 is 28.4 Å². The van der Waals surface area contributed by atoms with E-state index < -0.39 is 57.7 Å². The highest BCUT2D eigenvalue weighted by molar-refractivity contribution is 7.99. The molecule has 16 heteroatoms. The van der Waals surface area contributed by atoms with Crippen LogP contribution < -0.4 is 22.5 Å². The third-order valence-electron chi connectivity index (χ3n) is 10.6. The molecule has 2 saturated heterocycles. The minimum atomic E-state index is -2.19. The van der Waals surface area contributed by atoms with Crippen LogP contribution >= 0.6 is 11.8 Å². The lowest BCUT2D eigenvalue weighted by Crippen LogP contribution is -2.46. The van der Waals surface area contributed by atoms with Gasteiger partial charge in [0.2, 0.25) is 0 Å². The Labute approximate surface area is 294 Å². The van der Waals surface area contributed by atoms with Crippen LogP contribution in [0.15, 0.2) is 31.6 Å². The number of nitrogens with one attached hydrogen (secondary N) is 2. The molecule has 4 heterocycles. The number of aromatic nitrogens is 4. The fraction of sp³-hybridized carbons (Fsp3) is 0.758. The molecular weight excluding hydrogens is 685 g/mol. The SMILES string of the molecule is Cc1cn([C@H]2C[C@H](OCSC[C@H]3O[C@@H](n4cc(C)c(=O)[nH]c4=O)C[C@@H]3O[Si](C)(C)C(C)(C)C)[C@@H](CO[Si](C)(C)C(C)(C)C)O2)c(=O)[nH]c1=O. The van der Waals surface area contributed by atoms with Crippen molar-refractivity contribution in [2.24, 2.45) is 0 Å². The van der Waals surface area contributed by atoms with Crippen molar-refractivity contribution in [3.63, 3.8) is 0 Å². The van der Waals surface area contributed by atoms with E-state index in [-0.39, 0.29) is 28.4 Å². The van der Waals surface area contributed by atoms with E-state index in [9.17, 15) is 19.2 Å². The highest BCUT2D eigenvalue weighted by Crippen LogP contribution is 2.42. The summed E-state index contributed by atoms with van der Waals surface area (Å²) in [6, 6.07) is 0. The predicted molar refractivity (Wildman–Crippen MR) is 197 cm³/mol. The number of nitrogens with zero attached hydrogens (tertiary/aromatic N) is 2. The van der Waals surface area contributed by atoms with E-state index in [1.54, 1.807) is 31.8 Å². The second-order valence-corrected chi connectivity index (χ2v) is 26.9. The Morgan fingerprint density at radius 3 is 1.73 bits per heavy atom. The Balaban J connectivity index is 1.48. The van der Waals surface area contributed by atoms with Gasteiger partial charge in [0.15, 0.2) is 16.6 Å². The van der Waals surface area contributed by atoms with Crippen molar-refractivity contribution in [2.75, 3.05) is 18.3 Å². The van der Waals surface area contributed by atoms with Gasteiger partial charge < -0.3 is 23.1 Å². The number of ether oxygens (including phenoxy) is 3. The molecule has 2 aromatic heterocycles. The Bertz CT molecular complexity index is 1710. The van der Waals surface area contributed by atoms with Crippen LogP contribution in [0.4, 0.5) is 0 Å². The summed E-state index contributed by atoms with van der Waals surface area (Å²) in [5.41, 5.74) is -1.03. The van der Waals surface area contributed by atoms with Crippen LogP contribution in [-0.4, -0.2) is 78.5 Å². The maximum absolute atomic E-state index is 12.7. The van der Waals surface area contributed by atoms with Gasteiger partial charge in [-0.2, -0.15) is 0 Å². The molecule has 276 valence electrons. The Morgan fingerprint density at radius 2 is 1.24 bits per heavy atom. The van der Waals surface area contributed by atoms with Gasteiger partial charge in [-0.25, -0.2) is 9.59 Å². The minimum absolute atomic E-state index is 0.00519. The van der Waals surface area contributed by atoms with E-state index in [4.69, 9.17) is 23.1 Å². The second kappa shape index (κ2) is 14.9. The number of hydrogen-bond donors (Lipinski definition) is 2. The summed E-state index contributed by atoms with van der Waals surface area (Å²) in [5, 5.41) is -0.0185. The van der Waals surface area contributed by atoms with Crippen LogP contribution in [0.5, 0.6) is 0 Å². The summed E-state index contributed by atoms with van der Waals surface area (Å²) in [4.78, 5) is 54.3. The molecule has 2 aliphatic rings. The lowest BCUT2D eigenvalue weighted by Gasteiger charge is -2.39. The number of aromatic amines is 2. The molecule has 0 bridgehead atoms. The van der Waals surface area contributed by atoms with Gasteiger partial charge in [-0.05, 0) is 50.1 Å². The van der Waals surface area contributed by atoms with Crippen LogP contribution in [0.1, 0.15) is 78.0 Å². The molecule has 0 unspecified atom stereocenters. The van der Waals surface area contributed by atoms with Gasteiger partial charge in [0, 0.05) is 42.1 Å². The van der Waals surface area contributed by atoms with Crippen LogP contribution in [0, 0.1) is 13.8 Å². The minimum Gasteiger partial charge on any atom is -0.414 e. The normalized spacial score (nSPS) is 25.3. The van der Waals surface area contributed by atoms with E-state index in [1.165, 1.54) is 15.3 Å². The van der Waals surface area contributed by atoms with E-state index in [1.807, 2.05) is 0 Å². The monoisotopic (exact) mass is 740 g/mol. The molecule has 49 heavy (non-hydrogen) atoms. The zero-order valence-corrected chi connectivity index (χ0v) is 33.9. The van der Waals surface area contributed by atoms with Crippen LogP contribution in [0.2, 0.25) is 36.3 Å². The fourth-order valence-corrected chi connectivity index (χ4v) is 8.57. The summed E-state index contributed by atoms with van der Waals surface area (Å²) < 4.78 is 35.5. The highest BCUT2D eigenvalue weighted by atomic mass is 32.2. The first-order valence-electron chi connectivity index (χ1n) is 17.0. The van der Waals surface area contributed by atoms with Gasteiger partial charge in [0.25, 0.3) is 11.1 Å². The Hall–Kier alpha value is -2.06. The summed E-state index contributed by atoms with van der Waals surface area (Å²) in [6.07, 6.45) is 1.41. The third kappa shape index (κ3) is 9.25. The zero-order valence-electron chi connectivity index (χ0n) is 31.1. The van der Waals surface area contributed by atoms with Gasteiger partial charge in [0.05, 0.1) is 30.9 Å². The molecule has 0 radical (unpaired) electrons. The van der Waals surface area contributed by atoms with E-state index >= 15 is 0 Å². The quantitative estimate of drug-likeness (QED) is 0.177. The first-order chi connectivity index (χ1) is 22.5. The highest BCUT2D eigenvalue weighted by Gasteiger charge is 2.46. The predicted octanol–water partition coefficient (Wildman–Crippen LogP) is 4.77. The van der Waals surface area contributed by atoms with Crippen LogP contribution in [0.25, 0.3) is 0 Å². The molecule has 2 fully saturated rings. The van der Waals surface area contributed by atoms with Crippen molar-refractivity contribution in [3.05, 3.63) is 65.2 Å². The van der Waals surface area contributed by atoms with Gasteiger partial charge in [0.1, 0.15) is 18.6 Å². The lowest BCUT2D eigenvalue weighted by atomic mass is 10.2. The zero-order chi connectivity index (χ0) is 36.7. The van der Waals surface area contributed by atoms with E-state index in [0.717, 1.165) is 0 Å². The average molecular weight is 741 g/mol. The number of hydrogen-bond acceptors (Lipinski definition) is 10. The van der Waals surface area contributed by atoms with Crippen LogP contribution in [-0.2, 0) is 23.1 Å². The Kier molecular flexibility index (Phi) is 12.1. The maximum atomic E-state index is 12.7. The number of aryl methyl sites for hydroxylation is 2. The molecule has 2 aromatic rings. The summed E-state index contributed by atoms with van der Waals surface area (Å²) in [6.45, 7) is 25.5. The summed E-state index contributed by atoms with van der Waals surface area (Å²) in [5.74, 6) is 0.875. The van der Waals surface area contributed by atoms with E-state index in [2.05, 4.69) is 77.7 Å². The van der Waals surface area contributed by atoms with Gasteiger partial charge in [-0.1, -0.05) is 41.5 Å². The second-order valence-electron chi connectivity index (χ2n) is 16.4. The summed E-state index contributed by atoms with van der Waals surface area (Å²) in [7, 11) is -4.29. The fourth-order valence-electron chi connectivity index (χ4n) is 5.30. The molecule has 13 nitrogen and oxygen atoms in total. The molecule has 0 spiro atoms. The van der Waals surface area contributed by atoms with Crippen molar-refractivity contribution in [1.82, 2.24) is 19.1 Å². The molecule has 4 rings (SSSR count). The average Bonchev–Trinajstić information content (AvgIpc) is 3.56. The molecule has 0 amide bonds.